The van der Waals surface area contributed by atoms with E-state index >= 15 is 0 Å². The summed E-state index contributed by atoms with van der Waals surface area (Å²) in [6.07, 6.45) is 2.64. The van der Waals surface area contributed by atoms with Gasteiger partial charge < -0.3 is 10.5 Å². The van der Waals surface area contributed by atoms with Crippen LogP contribution in [0.5, 0.6) is 5.75 Å². The number of hydrogen-bond donors (Lipinski definition) is 1. The average Bonchev–Trinajstić information content (AvgIpc) is 2.30. The van der Waals surface area contributed by atoms with E-state index < -0.39 is 0 Å². The van der Waals surface area contributed by atoms with Crippen molar-refractivity contribution in [1.29, 1.82) is 0 Å². The van der Waals surface area contributed by atoms with Crippen LogP contribution in [0.15, 0.2) is 24.3 Å². The van der Waals surface area contributed by atoms with Crippen LogP contribution in [0.1, 0.15) is 25.3 Å². The van der Waals surface area contributed by atoms with Gasteiger partial charge in [-0.2, -0.15) is 0 Å². The van der Waals surface area contributed by atoms with Gasteiger partial charge in [-0.1, -0.05) is 18.2 Å². The first-order valence-corrected chi connectivity index (χ1v) is 5.55. The molecule has 0 saturated heterocycles. The summed E-state index contributed by atoms with van der Waals surface area (Å²) in [4.78, 5) is 0. The third kappa shape index (κ3) is 3.96. The molecule has 0 bridgehead atoms. The minimum absolute atomic E-state index is 0.150. The van der Waals surface area contributed by atoms with Crippen LogP contribution in [0.4, 0.5) is 0 Å². The molecule has 0 aliphatic carbocycles. The van der Waals surface area contributed by atoms with Crippen molar-refractivity contribution >= 4 is 0 Å². The Morgan fingerprint density at radius 1 is 1.38 bits per heavy atom. The van der Waals surface area contributed by atoms with Crippen molar-refractivity contribution in [3.8, 4) is 17.6 Å². The van der Waals surface area contributed by atoms with E-state index in [1.54, 1.807) is 7.11 Å². The number of rotatable bonds is 5. The lowest BCUT2D eigenvalue weighted by Crippen LogP contribution is -2.22. The van der Waals surface area contributed by atoms with Crippen LogP contribution in [0, 0.1) is 11.8 Å². The number of hydrogen-bond acceptors (Lipinski definition) is 2. The highest BCUT2D eigenvalue weighted by molar-refractivity contribution is 5.33. The SMILES string of the molecule is CC#CCCC(N)Cc1ccccc1OC. The van der Waals surface area contributed by atoms with Gasteiger partial charge in [0.2, 0.25) is 0 Å². The largest absolute Gasteiger partial charge is 0.496 e. The van der Waals surface area contributed by atoms with Crippen molar-refractivity contribution in [3.63, 3.8) is 0 Å². The molecule has 1 atom stereocenters. The van der Waals surface area contributed by atoms with E-state index in [2.05, 4.69) is 17.9 Å². The monoisotopic (exact) mass is 217 g/mol. The third-order valence-electron chi connectivity index (χ3n) is 2.49. The number of benzene rings is 1. The first-order chi connectivity index (χ1) is 7.77. The minimum atomic E-state index is 0.150. The van der Waals surface area contributed by atoms with Gasteiger partial charge in [0.15, 0.2) is 0 Å². The Balaban J connectivity index is 2.53. The van der Waals surface area contributed by atoms with Gasteiger partial charge in [-0.05, 0) is 31.4 Å². The maximum Gasteiger partial charge on any atom is 0.122 e. The Morgan fingerprint density at radius 2 is 2.12 bits per heavy atom. The van der Waals surface area contributed by atoms with Gasteiger partial charge >= 0.3 is 0 Å². The van der Waals surface area contributed by atoms with E-state index in [0.717, 1.165) is 25.0 Å². The Labute approximate surface area is 97.8 Å². The molecule has 2 heteroatoms. The number of para-hydroxylation sites is 1. The van der Waals surface area contributed by atoms with E-state index in [0.29, 0.717) is 0 Å². The first kappa shape index (κ1) is 12.6. The topological polar surface area (TPSA) is 35.2 Å². The molecule has 0 amide bonds. The van der Waals surface area contributed by atoms with Crippen molar-refractivity contribution in [2.45, 2.75) is 32.2 Å². The molecule has 2 nitrogen and oxygen atoms in total. The smallest absolute Gasteiger partial charge is 0.122 e. The summed E-state index contributed by atoms with van der Waals surface area (Å²) >= 11 is 0. The molecule has 2 N–H and O–H groups in total. The van der Waals surface area contributed by atoms with Crippen molar-refractivity contribution < 1.29 is 4.74 Å². The Morgan fingerprint density at radius 3 is 2.81 bits per heavy atom. The maximum absolute atomic E-state index is 6.05. The fourth-order valence-corrected chi connectivity index (χ4v) is 1.64. The fraction of sp³-hybridized carbons (Fsp3) is 0.429. The summed E-state index contributed by atoms with van der Waals surface area (Å²) in [5.74, 6) is 6.83. The molecular formula is C14H19NO. The van der Waals surface area contributed by atoms with Crippen LogP contribution in [-0.4, -0.2) is 13.2 Å². The number of ether oxygens (including phenoxy) is 1. The van der Waals surface area contributed by atoms with Crippen molar-refractivity contribution in [3.05, 3.63) is 29.8 Å². The van der Waals surface area contributed by atoms with Gasteiger partial charge in [-0.3, -0.25) is 0 Å². The predicted octanol–water partition coefficient (Wildman–Crippen LogP) is 2.37. The summed E-state index contributed by atoms with van der Waals surface area (Å²) in [5, 5.41) is 0. The van der Waals surface area contributed by atoms with Crippen LogP contribution >= 0.6 is 0 Å². The van der Waals surface area contributed by atoms with Gasteiger partial charge in [0.25, 0.3) is 0 Å². The molecule has 0 radical (unpaired) electrons. The third-order valence-corrected chi connectivity index (χ3v) is 2.49. The van der Waals surface area contributed by atoms with E-state index in [9.17, 15) is 0 Å². The maximum atomic E-state index is 6.05. The molecule has 0 aliphatic rings. The lowest BCUT2D eigenvalue weighted by Gasteiger charge is -2.12. The lowest BCUT2D eigenvalue weighted by molar-refractivity contribution is 0.407. The molecule has 1 rings (SSSR count). The van der Waals surface area contributed by atoms with Gasteiger partial charge in [-0.25, -0.2) is 0 Å². The van der Waals surface area contributed by atoms with E-state index in [-0.39, 0.29) is 6.04 Å². The van der Waals surface area contributed by atoms with Crippen LogP contribution in [0.3, 0.4) is 0 Å². The summed E-state index contributed by atoms with van der Waals surface area (Å²) in [6.45, 7) is 1.85. The van der Waals surface area contributed by atoms with Crippen LogP contribution < -0.4 is 10.5 Å². The quantitative estimate of drug-likeness (QED) is 0.768. The normalized spacial score (nSPS) is 11.4. The molecule has 0 fully saturated rings. The second kappa shape index (κ2) is 6.92. The van der Waals surface area contributed by atoms with E-state index in [1.165, 1.54) is 5.56 Å². The highest BCUT2D eigenvalue weighted by Gasteiger charge is 2.07. The number of nitrogens with two attached hydrogens (primary N) is 1. The second-order valence-electron chi connectivity index (χ2n) is 3.74. The Bertz CT molecular complexity index is 376. The molecule has 0 spiro atoms. The Hall–Kier alpha value is -1.46. The molecule has 0 aromatic heterocycles. The fourth-order valence-electron chi connectivity index (χ4n) is 1.64. The van der Waals surface area contributed by atoms with E-state index in [4.69, 9.17) is 10.5 Å². The Kier molecular flexibility index (Phi) is 5.45. The molecule has 86 valence electrons. The summed E-state index contributed by atoms with van der Waals surface area (Å²) in [6, 6.07) is 8.16. The first-order valence-electron chi connectivity index (χ1n) is 5.55. The zero-order chi connectivity index (χ0) is 11.8. The van der Waals surface area contributed by atoms with Gasteiger partial charge in [-0.15, -0.1) is 11.8 Å². The predicted molar refractivity (Wildman–Crippen MR) is 67.4 cm³/mol. The summed E-state index contributed by atoms with van der Waals surface area (Å²) in [5.41, 5.74) is 7.22. The molecular weight excluding hydrogens is 198 g/mol. The second-order valence-corrected chi connectivity index (χ2v) is 3.74. The molecule has 1 unspecified atom stereocenters. The van der Waals surface area contributed by atoms with Crippen molar-refractivity contribution in [2.24, 2.45) is 5.73 Å². The number of methoxy groups -OCH3 is 1. The van der Waals surface area contributed by atoms with Crippen LogP contribution in [0.2, 0.25) is 0 Å². The summed E-state index contributed by atoms with van der Waals surface area (Å²) in [7, 11) is 1.69. The minimum Gasteiger partial charge on any atom is -0.496 e. The molecule has 16 heavy (non-hydrogen) atoms. The van der Waals surface area contributed by atoms with Gasteiger partial charge in [0.1, 0.15) is 5.75 Å². The van der Waals surface area contributed by atoms with Crippen molar-refractivity contribution in [1.82, 2.24) is 0 Å². The van der Waals surface area contributed by atoms with Gasteiger partial charge in [0.05, 0.1) is 7.11 Å². The molecule has 1 aromatic carbocycles. The van der Waals surface area contributed by atoms with E-state index in [1.807, 2.05) is 25.1 Å². The zero-order valence-corrected chi connectivity index (χ0v) is 9.99. The van der Waals surface area contributed by atoms with Gasteiger partial charge in [0, 0.05) is 12.5 Å². The molecule has 0 aliphatic heterocycles. The molecule has 0 heterocycles. The lowest BCUT2D eigenvalue weighted by atomic mass is 10.0. The zero-order valence-electron chi connectivity index (χ0n) is 9.99. The molecule has 1 aromatic rings. The average molecular weight is 217 g/mol. The highest BCUT2D eigenvalue weighted by atomic mass is 16.5. The summed E-state index contributed by atoms with van der Waals surface area (Å²) < 4.78 is 5.29. The highest BCUT2D eigenvalue weighted by Crippen LogP contribution is 2.19. The van der Waals surface area contributed by atoms with Crippen molar-refractivity contribution in [2.75, 3.05) is 7.11 Å². The van der Waals surface area contributed by atoms with Crippen LogP contribution in [-0.2, 0) is 6.42 Å². The molecule has 0 saturated carbocycles. The van der Waals surface area contributed by atoms with Crippen LogP contribution in [0.25, 0.3) is 0 Å². The standard InChI is InChI=1S/C14H19NO/c1-3-4-5-9-13(15)11-12-8-6-7-10-14(12)16-2/h6-8,10,13H,5,9,11,15H2,1-2H3.